The van der Waals surface area contributed by atoms with Crippen LogP contribution in [0.1, 0.15) is 49.6 Å². The number of ether oxygens (including phenoxy) is 1. The highest BCUT2D eigenvalue weighted by molar-refractivity contribution is 14.0. The third kappa shape index (κ3) is 6.42. The first-order valence-corrected chi connectivity index (χ1v) is 10.6. The van der Waals surface area contributed by atoms with Gasteiger partial charge in [-0.1, -0.05) is 47.1 Å². The van der Waals surface area contributed by atoms with Crippen molar-refractivity contribution >= 4 is 45.9 Å². The van der Waals surface area contributed by atoms with E-state index in [2.05, 4.69) is 74.8 Å². The molecule has 0 radical (unpaired) electrons. The largest absolute Gasteiger partial charge is 0.381 e. The summed E-state index contributed by atoms with van der Waals surface area (Å²) in [4.78, 5) is 4.36. The molecule has 1 aliphatic rings. The van der Waals surface area contributed by atoms with Crippen LogP contribution in [0, 0.1) is 0 Å². The zero-order valence-electron chi connectivity index (χ0n) is 17.2. The molecule has 0 amide bonds. The minimum Gasteiger partial charge on any atom is -0.381 e. The number of guanidine groups is 1. The van der Waals surface area contributed by atoms with Gasteiger partial charge in [-0.25, -0.2) is 0 Å². The van der Waals surface area contributed by atoms with E-state index >= 15 is 0 Å². The Morgan fingerprint density at radius 1 is 1.21 bits per heavy atom. The van der Waals surface area contributed by atoms with Gasteiger partial charge in [0.25, 0.3) is 0 Å². The molecule has 1 saturated heterocycles. The van der Waals surface area contributed by atoms with Gasteiger partial charge in [0.2, 0.25) is 0 Å². The Morgan fingerprint density at radius 2 is 1.90 bits per heavy atom. The van der Waals surface area contributed by atoms with Crippen molar-refractivity contribution in [2.45, 2.75) is 44.6 Å². The van der Waals surface area contributed by atoms with E-state index in [-0.39, 0.29) is 29.4 Å². The molecule has 2 N–H and O–H groups in total. The average molecular weight is 577 g/mol. The number of nitrogens with zero attached hydrogens (tertiary/aromatic N) is 2. The van der Waals surface area contributed by atoms with Crippen molar-refractivity contribution in [3.8, 4) is 0 Å². The summed E-state index contributed by atoms with van der Waals surface area (Å²) < 4.78 is 12.1. The molecule has 160 valence electrons. The molecule has 29 heavy (non-hydrogen) atoms. The molecule has 0 saturated carbocycles. The molecule has 8 heteroatoms. The van der Waals surface area contributed by atoms with Crippen LogP contribution in [-0.2, 0) is 16.7 Å². The molecule has 2 heterocycles. The summed E-state index contributed by atoms with van der Waals surface area (Å²) in [5, 5.41) is 10.9. The lowest BCUT2D eigenvalue weighted by atomic mass is 9.74. The number of hydrogen-bond donors (Lipinski definition) is 2. The van der Waals surface area contributed by atoms with E-state index in [0.717, 1.165) is 54.5 Å². The number of aliphatic imine (C=N–C) groups is 1. The lowest BCUT2D eigenvalue weighted by Crippen LogP contribution is -2.47. The van der Waals surface area contributed by atoms with Gasteiger partial charge in [-0.2, -0.15) is 0 Å². The molecule has 0 unspecified atom stereocenters. The molecular formula is C21H30BrIN4O2. The van der Waals surface area contributed by atoms with Gasteiger partial charge in [0.15, 0.2) is 11.7 Å². The Morgan fingerprint density at radius 3 is 2.48 bits per heavy atom. The van der Waals surface area contributed by atoms with Crippen molar-refractivity contribution in [2.75, 3.05) is 26.8 Å². The summed E-state index contributed by atoms with van der Waals surface area (Å²) in [6, 6.07) is 10.6. The van der Waals surface area contributed by atoms with Gasteiger partial charge in [0.05, 0.1) is 12.2 Å². The van der Waals surface area contributed by atoms with Crippen LogP contribution < -0.4 is 10.6 Å². The van der Waals surface area contributed by atoms with E-state index in [9.17, 15) is 0 Å². The van der Waals surface area contributed by atoms with E-state index in [4.69, 9.17) is 9.26 Å². The number of hydrogen-bond acceptors (Lipinski definition) is 4. The molecule has 6 nitrogen and oxygen atoms in total. The first-order valence-electron chi connectivity index (χ1n) is 9.76. The number of nitrogens with one attached hydrogen (secondary N) is 2. The molecule has 1 aromatic heterocycles. The Bertz CT molecular complexity index is 786. The maximum atomic E-state index is 5.63. The highest BCUT2D eigenvalue weighted by Gasteiger charge is 2.34. The van der Waals surface area contributed by atoms with Crippen LogP contribution in [0.25, 0.3) is 0 Å². The summed E-state index contributed by atoms with van der Waals surface area (Å²) in [5.41, 5.74) is 2.34. The second kappa shape index (κ2) is 11.3. The molecule has 0 bridgehead atoms. The highest BCUT2D eigenvalue weighted by Crippen LogP contribution is 2.34. The van der Waals surface area contributed by atoms with Crippen LogP contribution in [0.2, 0.25) is 0 Å². The first-order chi connectivity index (χ1) is 13.5. The summed E-state index contributed by atoms with van der Waals surface area (Å²) in [6.45, 7) is 7.11. The fourth-order valence-corrected chi connectivity index (χ4v) is 3.73. The van der Waals surface area contributed by atoms with Crippen LogP contribution in [0.5, 0.6) is 0 Å². The van der Waals surface area contributed by atoms with Crippen LogP contribution in [0.3, 0.4) is 0 Å². The van der Waals surface area contributed by atoms with Crippen LogP contribution in [-0.4, -0.2) is 37.9 Å². The van der Waals surface area contributed by atoms with E-state index in [1.807, 2.05) is 6.07 Å². The summed E-state index contributed by atoms with van der Waals surface area (Å²) >= 11 is 3.53. The third-order valence-corrected chi connectivity index (χ3v) is 5.85. The lowest BCUT2D eigenvalue weighted by Gasteiger charge is -2.38. The second-order valence-electron chi connectivity index (χ2n) is 7.55. The topological polar surface area (TPSA) is 71.7 Å². The van der Waals surface area contributed by atoms with Gasteiger partial charge in [0.1, 0.15) is 0 Å². The summed E-state index contributed by atoms with van der Waals surface area (Å²) in [5.74, 6) is 1.92. The summed E-state index contributed by atoms with van der Waals surface area (Å²) in [6.07, 6.45) is 1.97. The van der Waals surface area contributed by atoms with Crippen molar-refractivity contribution < 1.29 is 9.26 Å². The van der Waals surface area contributed by atoms with Gasteiger partial charge < -0.3 is 19.9 Å². The van der Waals surface area contributed by atoms with Gasteiger partial charge in [-0.3, -0.25) is 4.99 Å². The maximum absolute atomic E-state index is 5.63. The fraction of sp³-hybridized carbons (Fsp3) is 0.524. The van der Waals surface area contributed by atoms with E-state index in [0.29, 0.717) is 12.5 Å². The monoisotopic (exact) mass is 576 g/mol. The highest BCUT2D eigenvalue weighted by atomic mass is 127. The minimum atomic E-state index is 0. The zero-order chi connectivity index (χ0) is 20.0. The van der Waals surface area contributed by atoms with E-state index < -0.39 is 0 Å². The normalized spacial score (nSPS) is 16.4. The van der Waals surface area contributed by atoms with E-state index in [1.165, 1.54) is 5.56 Å². The quantitative estimate of drug-likeness (QED) is 0.299. The standard InChI is InChI=1S/C21H29BrN4O2.HI/c1-15(2)19-12-18(28-26-19)13-24-20(23-3)25-14-21(8-10-27-11-9-21)16-4-6-17(22)7-5-16;/h4-7,12,15H,8-11,13-14H2,1-3H3,(H2,23,24,25);1H. The van der Waals surface area contributed by atoms with Crippen molar-refractivity contribution in [3.63, 3.8) is 0 Å². The average Bonchev–Trinajstić information content (AvgIpc) is 3.19. The third-order valence-electron chi connectivity index (χ3n) is 5.32. The molecule has 1 aliphatic heterocycles. The van der Waals surface area contributed by atoms with Crippen molar-refractivity contribution in [1.82, 2.24) is 15.8 Å². The van der Waals surface area contributed by atoms with Crippen LogP contribution in [0.15, 0.2) is 44.3 Å². The molecule has 3 rings (SSSR count). The van der Waals surface area contributed by atoms with E-state index in [1.54, 1.807) is 7.05 Å². The van der Waals surface area contributed by atoms with Crippen LogP contribution >= 0.6 is 39.9 Å². The molecule has 1 aromatic carbocycles. The lowest BCUT2D eigenvalue weighted by molar-refractivity contribution is 0.0514. The molecular weight excluding hydrogens is 547 g/mol. The smallest absolute Gasteiger partial charge is 0.191 e. The van der Waals surface area contributed by atoms with Gasteiger partial charge in [-0.05, 0) is 36.5 Å². The van der Waals surface area contributed by atoms with Gasteiger partial charge >= 0.3 is 0 Å². The molecule has 2 aromatic rings. The number of halogens is 2. The molecule has 0 aliphatic carbocycles. The Labute approximate surface area is 198 Å². The van der Waals surface area contributed by atoms with Crippen molar-refractivity contribution in [1.29, 1.82) is 0 Å². The van der Waals surface area contributed by atoms with Crippen molar-refractivity contribution in [2.24, 2.45) is 4.99 Å². The molecule has 1 fully saturated rings. The predicted molar refractivity (Wildman–Crippen MR) is 130 cm³/mol. The zero-order valence-corrected chi connectivity index (χ0v) is 21.1. The molecule has 0 atom stereocenters. The SMILES string of the molecule is CN=C(NCc1cc(C(C)C)no1)NCC1(c2ccc(Br)cc2)CCOCC1.I. The minimum absolute atomic E-state index is 0. The van der Waals surface area contributed by atoms with Gasteiger partial charge in [-0.15, -0.1) is 24.0 Å². The first kappa shape index (κ1) is 24.1. The summed E-state index contributed by atoms with van der Waals surface area (Å²) in [7, 11) is 1.78. The number of aromatic nitrogens is 1. The predicted octanol–water partition coefficient (Wildman–Crippen LogP) is 4.59. The Hall–Kier alpha value is -1.13. The van der Waals surface area contributed by atoms with Crippen LogP contribution in [0.4, 0.5) is 0 Å². The Balaban J connectivity index is 0.00000300. The number of benzene rings is 1. The van der Waals surface area contributed by atoms with Crippen molar-refractivity contribution in [3.05, 3.63) is 51.8 Å². The van der Waals surface area contributed by atoms with Gasteiger partial charge in [0, 0.05) is 42.8 Å². The number of rotatable bonds is 6. The fourth-order valence-electron chi connectivity index (χ4n) is 3.46. The maximum Gasteiger partial charge on any atom is 0.191 e. The second-order valence-corrected chi connectivity index (χ2v) is 8.47. The molecule has 0 spiro atoms. The Kier molecular flexibility index (Phi) is 9.42.